The summed E-state index contributed by atoms with van der Waals surface area (Å²) >= 11 is 0. The van der Waals surface area contributed by atoms with Gasteiger partial charge in [0.15, 0.2) is 0 Å². The number of unbranched alkanes of at least 4 members (excludes halogenated alkanes) is 1. The zero-order chi connectivity index (χ0) is 15.8. The molecule has 1 aliphatic heterocycles. The third-order valence-electron chi connectivity index (χ3n) is 3.39. The predicted molar refractivity (Wildman–Crippen MR) is 79.2 cm³/mol. The molecule has 0 fully saturated rings. The molecular weight excluding hydrogens is 270 g/mol. The van der Waals surface area contributed by atoms with Gasteiger partial charge in [-0.05, 0) is 25.0 Å². The van der Waals surface area contributed by atoms with Crippen LogP contribution in [0.1, 0.15) is 60.2 Å². The number of nitrogens with one attached hydrogen (secondary N) is 1. The minimum Gasteiger partial charge on any atom is -0.481 e. The molecule has 2 N–H and O–H groups in total. The van der Waals surface area contributed by atoms with Crippen LogP contribution in [-0.4, -0.2) is 22.9 Å². The molecule has 1 aliphatic rings. The summed E-state index contributed by atoms with van der Waals surface area (Å²) < 4.78 is 0. The first-order valence-electron chi connectivity index (χ1n) is 7.18. The normalized spacial score (nSPS) is 13.8. The lowest BCUT2D eigenvalue weighted by molar-refractivity contribution is -0.142. The average Bonchev–Trinajstić information content (AvgIpc) is 2.76. The summed E-state index contributed by atoms with van der Waals surface area (Å²) in [5, 5.41) is 10.8. The Labute approximate surface area is 124 Å². The lowest BCUT2D eigenvalue weighted by Gasteiger charge is -2.06. The van der Waals surface area contributed by atoms with Crippen molar-refractivity contribution in [1.29, 1.82) is 0 Å². The molecule has 2 amide bonds. The first-order chi connectivity index (χ1) is 10.0. The number of hydrogen-bond donors (Lipinski definition) is 2. The van der Waals surface area contributed by atoms with Crippen LogP contribution in [0.25, 0.3) is 0 Å². The molecule has 0 saturated carbocycles. The van der Waals surface area contributed by atoms with E-state index in [-0.39, 0.29) is 17.7 Å². The van der Waals surface area contributed by atoms with Crippen molar-refractivity contribution in [2.24, 2.45) is 5.92 Å². The molecule has 1 atom stereocenters. The molecule has 0 saturated heterocycles. The van der Waals surface area contributed by atoms with Gasteiger partial charge >= 0.3 is 5.97 Å². The van der Waals surface area contributed by atoms with E-state index in [1.165, 1.54) is 0 Å². The quantitative estimate of drug-likeness (QED) is 0.817. The van der Waals surface area contributed by atoms with Crippen molar-refractivity contribution < 1.29 is 19.5 Å². The molecule has 0 aromatic heterocycles. The van der Waals surface area contributed by atoms with Crippen molar-refractivity contribution in [2.75, 3.05) is 0 Å². The molecule has 2 rings (SSSR count). The standard InChI is InChI=1S/C8H5NO2.C8H16O2/c10-7-5-3-1-2-4-6(5)8(11)9-7;1-3-5-6-7(4-2)8(9)10/h1-4H,(H,9,10,11);7H,3-6H2,1-2H3,(H,9,10). The highest BCUT2D eigenvalue weighted by molar-refractivity contribution is 6.21. The number of imide groups is 1. The Kier molecular flexibility index (Phi) is 6.59. The van der Waals surface area contributed by atoms with Gasteiger partial charge in [-0.1, -0.05) is 38.8 Å². The van der Waals surface area contributed by atoms with Gasteiger partial charge in [0.1, 0.15) is 0 Å². The van der Waals surface area contributed by atoms with E-state index in [1.54, 1.807) is 24.3 Å². The summed E-state index contributed by atoms with van der Waals surface area (Å²) in [6.45, 7) is 4.00. The number of carbonyl (C=O) groups is 3. The van der Waals surface area contributed by atoms with E-state index in [9.17, 15) is 14.4 Å². The summed E-state index contributed by atoms with van der Waals surface area (Å²) in [6.07, 6.45) is 3.71. The summed E-state index contributed by atoms with van der Waals surface area (Å²) in [7, 11) is 0. The number of aliphatic carboxylic acids is 1. The number of carboxylic acids is 1. The minimum atomic E-state index is -0.643. The van der Waals surface area contributed by atoms with Crippen LogP contribution in [0.5, 0.6) is 0 Å². The summed E-state index contributed by atoms with van der Waals surface area (Å²) in [6, 6.07) is 6.74. The molecule has 5 heteroatoms. The second-order valence-corrected chi connectivity index (χ2v) is 4.91. The van der Waals surface area contributed by atoms with Crippen LogP contribution in [0.4, 0.5) is 0 Å². The van der Waals surface area contributed by atoms with Gasteiger partial charge in [-0.15, -0.1) is 0 Å². The topological polar surface area (TPSA) is 83.5 Å². The minimum absolute atomic E-state index is 0.111. The van der Waals surface area contributed by atoms with Crippen LogP contribution in [0.15, 0.2) is 24.3 Å². The summed E-state index contributed by atoms with van der Waals surface area (Å²) in [5.74, 6) is -1.35. The second kappa shape index (κ2) is 8.19. The predicted octanol–water partition coefficient (Wildman–Crippen LogP) is 2.86. The van der Waals surface area contributed by atoms with Crippen molar-refractivity contribution in [3.63, 3.8) is 0 Å². The van der Waals surface area contributed by atoms with Crippen molar-refractivity contribution in [3.8, 4) is 0 Å². The van der Waals surface area contributed by atoms with Crippen LogP contribution < -0.4 is 5.32 Å². The highest BCUT2D eigenvalue weighted by Gasteiger charge is 2.25. The van der Waals surface area contributed by atoms with Gasteiger partial charge in [-0.2, -0.15) is 0 Å². The Morgan fingerprint density at radius 3 is 2.05 bits per heavy atom. The lowest BCUT2D eigenvalue weighted by atomic mass is 10.00. The first-order valence-corrected chi connectivity index (χ1v) is 7.18. The van der Waals surface area contributed by atoms with Crippen molar-refractivity contribution >= 4 is 17.8 Å². The zero-order valence-electron chi connectivity index (χ0n) is 12.4. The van der Waals surface area contributed by atoms with Gasteiger partial charge in [0, 0.05) is 0 Å². The Balaban J connectivity index is 0.000000212. The van der Waals surface area contributed by atoms with Gasteiger partial charge < -0.3 is 5.11 Å². The molecule has 0 spiro atoms. The number of carbonyl (C=O) groups excluding carboxylic acids is 2. The molecule has 0 bridgehead atoms. The fraction of sp³-hybridized carbons (Fsp3) is 0.438. The smallest absolute Gasteiger partial charge is 0.306 e. The third-order valence-corrected chi connectivity index (χ3v) is 3.39. The molecule has 114 valence electrons. The molecule has 0 radical (unpaired) electrons. The molecule has 1 aromatic rings. The Morgan fingerprint density at radius 1 is 1.14 bits per heavy atom. The number of fused-ring (bicyclic) bond motifs is 1. The van der Waals surface area contributed by atoms with Crippen molar-refractivity contribution in [3.05, 3.63) is 35.4 Å². The van der Waals surface area contributed by atoms with E-state index in [4.69, 9.17) is 5.11 Å². The zero-order valence-corrected chi connectivity index (χ0v) is 12.4. The number of amides is 2. The van der Waals surface area contributed by atoms with Gasteiger partial charge in [-0.25, -0.2) is 0 Å². The van der Waals surface area contributed by atoms with Crippen LogP contribution in [0, 0.1) is 5.92 Å². The number of carboxylic acid groups (broad SMARTS) is 1. The molecule has 1 unspecified atom stereocenters. The fourth-order valence-electron chi connectivity index (χ4n) is 2.07. The van der Waals surface area contributed by atoms with E-state index >= 15 is 0 Å². The maximum Gasteiger partial charge on any atom is 0.306 e. The first kappa shape index (κ1) is 16.9. The summed E-state index contributed by atoms with van der Waals surface area (Å²) in [4.78, 5) is 32.3. The number of benzene rings is 1. The molecule has 1 aromatic carbocycles. The Hall–Kier alpha value is -2.17. The van der Waals surface area contributed by atoms with E-state index in [1.807, 2.05) is 6.92 Å². The average molecular weight is 291 g/mol. The largest absolute Gasteiger partial charge is 0.481 e. The van der Waals surface area contributed by atoms with Crippen LogP contribution >= 0.6 is 0 Å². The highest BCUT2D eigenvalue weighted by Crippen LogP contribution is 2.13. The van der Waals surface area contributed by atoms with Crippen LogP contribution in [-0.2, 0) is 4.79 Å². The van der Waals surface area contributed by atoms with Gasteiger partial charge in [0.2, 0.25) is 0 Å². The number of rotatable bonds is 5. The summed E-state index contributed by atoms with van der Waals surface area (Å²) in [5.41, 5.74) is 0.940. The van der Waals surface area contributed by atoms with Crippen molar-refractivity contribution in [1.82, 2.24) is 5.32 Å². The van der Waals surface area contributed by atoms with Crippen LogP contribution in [0.3, 0.4) is 0 Å². The van der Waals surface area contributed by atoms with E-state index in [0.717, 1.165) is 25.7 Å². The highest BCUT2D eigenvalue weighted by atomic mass is 16.4. The monoisotopic (exact) mass is 291 g/mol. The number of hydrogen-bond acceptors (Lipinski definition) is 3. The lowest BCUT2D eigenvalue weighted by Crippen LogP contribution is -2.19. The molecule has 0 aliphatic carbocycles. The van der Waals surface area contributed by atoms with E-state index in [2.05, 4.69) is 12.2 Å². The second-order valence-electron chi connectivity index (χ2n) is 4.91. The molecular formula is C16H21NO4. The SMILES string of the molecule is CCCCC(CC)C(=O)O.O=C1NC(=O)c2ccccc21. The van der Waals surface area contributed by atoms with Crippen LogP contribution in [0.2, 0.25) is 0 Å². The maximum atomic E-state index is 10.9. The molecule has 5 nitrogen and oxygen atoms in total. The maximum absolute atomic E-state index is 10.9. The Bertz CT molecular complexity index is 492. The van der Waals surface area contributed by atoms with E-state index in [0.29, 0.717) is 11.1 Å². The van der Waals surface area contributed by atoms with Gasteiger partial charge in [0.25, 0.3) is 11.8 Å². The van der Waals surface area contributed by atoms with Gasteiger partial charge in [0.05, 0.1) is 17.0 Å². The molecule has 21 heavy (non-hydrogen) atoms. The van der Waals surface area contributed by atoms with Crippen molar-refractivity contribution in [2.45, 2.75) is 39.5 Å². The van der Waals surface area contributed by atoms with Gasteiger partial charge in [-0.3, -0.25) is 19.7 Å². The fourth-order valence-corrected chi connectivity index (χ4v) is 2.07. The van der Waals surface area contributed by atoms with E-state index < -0.39 is 5.97 Å². The third kappa shape index (κ3) is 4.70. The molecule has 1 heterocycles. The Morgan fingerprint density at radius 2 is 1.67 bits per heavy atom.